The number of halogens is 2. The maximum absolute atomic E-state index is 14.6. The van der Waals surface area contributed by atoms with Crippen molar-refractivity contribution in [1.82, 2.24) is 9.88 Å². The average molecular weight is 390 g/mol. The van der Waals surface area contributed by atoms with Gasteiger partial charge in [-0.3, -0.25) is 14.4 Å². The number of anilines is 1. The molecule has 2 aromatic rings. The van der Waals surface area contributed by atoms with Crippen LogP contribution in [0.5, 0.6) is 0 Å². The molecule has 0 saturated heterocycles. The standard InChI is InChI=1S/C18H16F2N4O4/c1-9(8-25)22-18(28)16(26)12-7-24(2)15(14(12)20)17(27)23-11-3-4-13(19)10(5-11)6-21/h3-5,7,9,25H,8H2,1-2H3,(H,22,28)(H,23,27)/t9-/m1/s1. The quantitative estimate of drug-likeness (QED) is 0.503. The molecule has 1 atom stereocenters. The third kappa shape index (κ3) is 4.21. The first kappa shape index (κ1) is 20.7. The van der Waals surface area contributed by atoms with E-state index < -0.39 is 53.1 Å². The van der Waals surface area contributed by atoms with Crippen molar-refractivity contribution in [3.05, 3.63) is 52.9 Å². The summed E-state index contributed by atoms with van der Waals surface area (Å²) in [5, 5.41) is 22.2. The minimum Gasteiger partial charge on any atom is -0.394 e. The maximum Gasteiger partial charge on any atom is 0.292 e. The SMILES string of the molecule is C[C@H](CO)NC(=O)C(=O)c1cn(C)c(C(=O)Nc2ccc(F)c(C#N)c2)c1F. The molecular formula is C18H16F2N4O4. The Kier molecular flexibility index (Phi) is 6.22. The van der Waals surface area contributed by atoms with E-state index in [-0.39, 0.29) is 11.3 Å². The molecule has 3 N–H and O–H groups in total. The lowest BCUT2D eigenvalue weighted by atomic mass is 10.1. The number of aromatic nitrogens is 1. The minimum atomic E-state index is -1.21. The van der Waals surface area contributed by atoms with E-state index in [1.54, 1.807) is 6.07 Å². The molecule has 2 rings (SSSR count). The lowest BCUT2D eigenvalue weighted by Crippen LogP contribution is -2.39. The zero-order chi connectivity index (χ0) is 21.0. The number of carbonyl (C=O) groups is 3. The molecule has 0 spiro atoms. The summed E-state index contributed by atoms with van der Waals surface area (Å²) in [7, 11) is 1.30. The maximum atomic E-state index is 14.6. The summed E-state index contributed by atoms with van der Waals surface area (Å²) >= 11 is 0. The van der Waals surface area contributed by atoms with Crippen molar-refractivity contribution in [3.63, 3.8) is 0 Å². The van der Waals surface area contributed by atoms with Crippen LogP contribution in [0.25, 0.3) is 0 Å². The number of nitriles is 1. The second-order valence-electron chi connectivity index (χ2n) is 5.96. The molecule has 0 saturated carbocycles. The predicted octanol–water partition coefficient (Wildman–Crippen LogP) is 1.11. The van der Waals surface area contributed by atoms with Gasteiger partial charge in [-0.25, -0.2) is 8.78 Å². The Morgan fingerprint density at radius 1 is 1.32 bits per heavy atom. The molecule has 2 amide bonds. The molecule has 8 nitrogen and oxygen atoms in total. The fourth-order valence-electron chi connectivity index (χ4n) is 2.35. The van der Waals surface area contributed by atoms with Crippen LogP contribution in [0, 0.1) is 23.0 Å². The van der Waals surface area contributed by atoms with Crippen molar-refractivity contribution < 1.29 is 28.3 Å². The van der Waals surface area contributed by atoms with Crippen LogP contribution in [0.2, 0.25) is 0 Å². The molecule has 1 aromatic heterocycles. The Bertz CT molecular complexity index is 994. The van der Waals surface area contributed by atoms with Gasteiger partial charge in [0.1, 0.15) is 17.6 Å². The third-order valence-corrected chi connectivity index (χ3v) is 3.78. The van der Waals surface area contributed by atoms with Crippen molar-refractivity contribution in [2.75, 3.05) is 11.9 Å². The molecule has 1 aromatic carbocycles. The van der Waals surface area contributed by atoms with Crippen LogP contribution in [-0.2, 0) is 11.8 Å². The molecule has 10 heteroatoms. The van der Waals surface area contributed by atoms with E-state index in [1.165, 1.54) is 20.0 Å². The largest absolute Gasteiger partial charge is 0.394 e. The summed E-state index contributed by atoms with van der Waals surface area (Å²) < 4.78 is 29.0. The van der Waals surface area contributed by atoms with Crippen molar-refractivity contribution in [2.24, 2.45) is 7.05 Å². The van der Waals surface area contributed by atoms with Gasteiger partial charge in [0.2, 0.25) is 0 Å². The highest BCUT2D eigenvalue weighted by molar-refractivity contribution is 6.43. The molecule has 28 heavy (non-hydrogen) atoms. The number of hydrogen-bond acceptors (Lipinski definition) is 5. The first-order chi connectivity index (χ1) is 13.2. The number of rotatable bonds is 6. The highest BCUT2D eigenvalue weighted by Crippen LogP contribution is 2.19. The van der Waals surface area contributed by atoms with Gasteiger partial charge in [0.25, 0.3) is 17.6 Å². The molecular weight excluding hydrogens is 374 g/mol. The van der Waals surface area contributed by atoms with Gasteiger partial charge in [-0.05, 0) is 25.1 Å². The molecule has 0 aliphatic rings. The summed E-state index contributed by atoms with van der Waals surface area (Å²) in [6, 6.07) is 4.13. The van der Waals surface area contributed by atoms with E-state index in [2.05, 4.69) is 10.6 Å². The molecule has 0 aliphatic heterocycles. The van der Waals surface area contributed by atoms with E-state index in [4.69, 9.17) is 10.4 Å². The Hall–Kier alpha value is -3.58. The van der Waals surface area contributed by atoms with Gasteiger partial charge >= 0.3 is 0 Å². The first-order valence-electron chi connectivity index (χ1n) is 8.01. The van der Waals surface area contributed by atoms with Crippen LogP contribution >= 0.6 is 0 Å². The monoisotopic (exact) mass is 390 g/mol. The number of benzene rings is 1. The van der Waals surface area contributed by atoms with E-state index >= 15 is 0 Å². The molecule has 0 bridgehead atoms. The van der Waals surface area contributed by atoms with Gasteiger partial charge in [-0.15, -0.1) is 0 Å². The normalized spacial score (nSPS) is 11.4. The van der Waals surface area contributed by atoms with Gasteiger partial charge in [-0.2, -0.15) is 5.26 Å². The second-order valence-corrected chi connectivity index (χ2v) is 5.96. The Labute approximate surface area is 158 Å². The zero-order valence-electron chi connectivity index (χ0n) is 14.9. The van der Waals surface area contributed by atoms with E-state index in [1.807, 2.05) is 0 Å². The van der Waals surface area contributed by atoms with E-state index in [0.717, 1.165) is 22.9 Å². The number of ketones is 1. The van der Waals surface area contributed by atoms with Crippen LogP contribution in [-0.4, -0.2) is 39.9 Å². The number of nitrogens with zero attached hydrogens (tertiary/aromatic N) is 2. The van der Waals surface area contributed by atoms with Gasteiger partial charge in [0, 0.05) is 25.0 Å². The highest BCUT2D eigenvalue weighted by Gasteiger charge is 2.28. The van der Waals surface area contributed by atoms with Crippen LogP contribution in [0.1, 0.15) is 33.3 Å². The summed E-state index contributed by atoms with van der Waals surface area (Å²) in [6.07, 6.45) is 0.987. The predicted molar refractivity (Wildman–Crippen MR) is 93.5 cm³/mol. The van der Waals surface area contributed by atoms with E-state index in [9.17, 15) is 23.2 Å². The number of hydrogen-bond donors (Lipinski definition) is 3. The fourth-order valence-corrected chi connectivity index (χ4v) is 2.35. The Balaban J connectivity index is 2.28. The van der Waals surface area contributed by atoms with Gasteiger partial charge < -0.3 is 20.3 Å². The smallest absolute Gasteiger partial charge is 0.292 e. The molecule has 146 valence electrons. The Morgan fingerprint density at radius 3 is 2.61 bits per heavy atom. The molecule has 0 unspecified atom stereocenters. The summed E-state index contributed by atoms with van der Waals surface area (Å²) in [5.41, 5.74) is -1.41. The van der Waals surface area contributed by atoms with Crippen LogP contribution in [0.4, 0.5) is 14.5 Å². The zero-order valence-corrected chi connectivity index (χ0v) is 14.9. The summed E-state index contributed by atoms with van der Waals surface area (Å²) in [6.45, 7) is 1.04. The molecule has 0 fully saturated rings. The number of nitrogens with one attached hydrogen (secondary N) is 2. The van der Waals surface area contributed by atoms with Crippen molar-refractivity contribution in [3.8, 4) is 6.07 Å². The number of aryl methyl sites for hydroxylation is 1. The van der Waals surface area contributed by atoms with Crippen LogP contribution < -0.4 is 10.6 Å². The van der Waals surface area contributed by atoms with Crippen LogP contribution in [0.15, 0.2) is 24.4 Å². The fraction of sp³-hybridized carbons (Fsp3) is 0.222. The molecule has 1 heterocycles. The van der Waals surface area contributed by atoms with Crippen molar-refractivity contribution in [1.29, 1.82) is 5.26 Å². The van der Waals surface area contributed by atoms with Gasteiger partial charge in [0.15, 0.2) is 5.82 Å². The average Bonchev–Trinajstić information content (AvgIpc) is 2.96. The number of Topliss-reactive ketones (excluding diaryl/α,β-unsaturated/α-hetero) is 1. The molecule has 0 radical (unpaired) electrons. The van der Waals surface area contributed by atoms with Crippen LogP contribution in [0.3, 0.4) is 0 Å². The second kappa shape index (κ2) is 8.41. The third-order valence-electron chi connectivity index (χ3n) is 3.78. The highest BCUT2D eigenvalue weighted by atomic mass is 19.1. The summed E-state index contributed by atoms with van der Waals surface area (Å²) in [4.78, 5) is 36.3. The lowest BCUT2D eigenvalue weighted by molar-refractivity contribution is -0.117. The summed E-state index contributed by atoms with van der Waals surface area (Å²) in [5.74, 6) is -5.28. The number of aliphatic hydroxyl groups is 1. The number of aliphatic hydroxyl groups excluding tert-OH is 1. The minimum absolute atomic E-state index is 0.0472. The molecule has 0 aliphatic carbocycles. The van der Waals surface area contributed by atoms with Crippen molar-refractivity contribution in [2.45, 2.75) is 13.0 Å². The Morgan fingerprint density at radius 2 is 2.00 bits per heavy atom. The first-order valence-corrected chi connectivity index (χ1v) is 8.01. The van der Waals surface area contributed by atoms with E-state index in [0.29, 0.717) is 0 Å². The number of carbonyl (C=O) groups excluding carboxylic acids is 3. The van der Waals surface area contributed by atoms with Crippen molar-refractivity contribution >= 4 is 23.3 Å². The topological polar surface area (TPSA) is 124 Å². The lowest BCUT2D eigenvalue weighted by Gasteiger charge is -2.09. The number of amides is 2. The van der Waals surface area contributed by atoms with Gasteiger partial charge in [0.05, 0.1) is 17.7 Å². The van der Waals surface area contributed by atoms with Gasteiger partial charge in [-0.1, -0.05) is 0 Å².